The summed E-state index contributed by atoms with van der Waals surface area (Å²) in [5.41, 5.74) is 0. The Morgan fingerprint density at radius 1 is 1.56 bits per heavy atom. The van der Waals surface area contributed by atoms with Gasteiger partial charge in [-0.25, -0.2) is 0 Å². The van der Waals surface area contributed by atoms with Gasteiger partial charge in [-0.2, -0.15) is 4.99 Å². The summed E-state index contributed by atoms with van der Waals surface area (Å²) in [7, 11) is 0. The first-order valence-corrected chi connectivity index (χ1v) is 2.28. The van der Waals surface area contributed by atoms with Gasteiger partial charge in [-0.1, -0.05) is 0 Å². The highest BCUT2D eigenvalue weighted by atomic mass is 16.3. The van der Waals surface area contributed by atoms with Gasteiger partial charge < -0.3 is 10.4 Å². The van der Waals surface area contributed by atoms with Crippen molar-refractivity contribution in [3.8, 4) is 0 Å². The Morgan fingerprint density at radius 2 is 2.22 bits per heavy atom. The molecular formula is C4H4N2O3. The maximum atomic E-state index is 10.3. The summed E-state index contributed by atoms with van der Waals surface area (Å²) in [5.74, 6) is -1.61. The fourth-order valence-corrected chi connectivity index (χ4v) is 0.461. The number of amides is 2. The molecule has 0 aromatic rings. The van der Waals surface area contributed by atoms with Crippen LogP contribution in [0.1, 0.15) is 0 Å². The monoisotopic (exact) mass is 128 g/mol. The lowest BCUT2D eigenvalue weighted by Crippen LogP contribution is -2.28. The summed E-state index contributed by atoms with van der Waals surface area (Å²) in [5, 5.41) is 10.4. The van der Waals surface area contributed by atoms with Crippen molar-refractivity contribution in [3.63, 3.8) is 0 Å². The Bertz CT molecular complexity index is 196. The van der Waals surface area contributed by atoms with Gasteiger partial charge in [-0.05, 0) is 0 Å². The molecule has 0 saturated heterocycles. The second-order valence-electron chi connectivity index (χ2n) is 1.48. The molecule has 0 spiro atoms. The average Bonchev–Trinajstić information content (AvgIpc) is 2.13. The molecule has 0 atom stereocenters. The normalized spacial score (nSPS) is 17.7. The van der Waals surface area contributed by atoms with Gasteiger partial charge in [-0.3, -0.25) is 9.59 Å². The number of carbonyl (C=O) groups is 2. The molecule has 0 bridgehead atoms. The minimum Gasteiger partial charge on any atom is -0.388 e. The third-order valence-electron chi connectivity index (χ3n) is 0.838. The fraction of sp³-hybridized carbons (Fsp3) is 0.250. The Balaban J connectivity index is 2.74. The summed E-state index contributed by atoms with van der Waals surface area (Å²) in [4.78, 5) is 23.6. The molecule has 2 amide bonds. The number of nitrogens with zero attached hydrogens (tertiary/aromatic N) is 1. The molecule has 0 aromatic heterocycles. The van der Waals surface area contributed by atoms with Gasteiger partial charge >= 0.3 is 11.8 Å². The first-order valence-electron chi connectivity index (χ1n) is 2.28. The number of nitrogens with one attached hydrogen (secondary N) is 1. The van der Waals surface area contributed by atoms with Gasteiger partial charge in [0.1, 0.15) is 12.4 Å². The van der Waals surface area contributed by atoms with Crippen molar-refractivity contribution in [1.29, 1.82) is 0 Å². The predicted molar refractivity (Wildman–Crippen MR) is 27.7 cm³/mol. The number of aliphatic imine (C=N–C) groups is 1. The van der Waals surface area contributed by atoms with E-state index in [1.165, 1.54) is 0 Å². The van der Waals surface area contributed by atoms with Crippen LogP contribution in [0.4, 0.5) is 0 Å². The van der Waals surface area contributed by atoms with Crippen molar-refractivity contribution in [3.05, 3.63) is 0 Å². The zero-order valence-corrected chi connectivity index (χ0v) is 4.42. The predicted octanol–water partition coefficient (Wildman–Crippen LogP) is -1.97. The highest BCUT2D eigenvalue weighted by molar-refractivity contribution is 6.44. The molecule has 1 aliphatic heterocycles. The van der Waals surface area contributed by atoms with E-state index in [-0.39, 0.29) is 5.84 Å². The Labute approximate surface area is 50.4 Å². The first kappa shape index (κ1) is 5.90. The van der Waals surface area contributed by atoms with Crippen LogP contribution in [-0.2, 0) is 9.59 Å². The Morgan fingerprint density at radius 3 is 2.44 bits per heavy atom. The summed E-state index contributed by atoms with van der Waals surface area (Å²) in [6, 6.07) is 0. The number of rotatable bonds is 1. The number of hydrogen-bond donors (Lipinski definition) is 2. The molecule has 0 fully saturated rings. The molecule has 9 heavy (non-hydrogen) atoms. The lowest BCUT2D eigenvalue weighted by molar-refractivity contribution is -0.135. The first-order chi connectivity index (χ1) is 4.24. The van der Waals surface area contributed by atoms with Gasteiger partial charge in [0.25, 0.3) is 0 Å². The van der Waals surface area contributed by atoms with Gasteiger partial charge in [0.2, 0.25) is 0 Å². The van der Waals surface area contributed by atoms with Crippen LogP contribution in [0.5, 0.6) is 0 Å². The molecule has 1 heterocycles. The van der Waals surface area contributed by atoms with Gasteiger partial charge in [-0.15, -0.1) is 0 Å². The summed E-state index contributed by atoms with van der Waals surface area (Å²) < 4.78 is 0. The van der Waals surface area contributed by atoms with Crippen molar-refractivity contribution in [2.45, 2.75) is 0 Å². The van der Waals surface area contributed by atoms with Crippen LogP contribution >= 0.6 is 0 Å². The molecule has 0 aliphatic carbocycles. The minimum atomic E-state index is -0.848. The molecule has 5 nitrogen and oxygen atoms in total. The van der Waals surface area contributed by atoms with Gasteiger partial charge in [0.15, 0.2) is 0 Å². The van der Waals surface area contributed by atoms with Crippen molar-refractivity contribution in [2.75, 3.05) is 6.61 Å². The second kappa shape index (κ2) is 1.94. The minimum absolute atomic E-state index is 0.0185. The van der Waals surface area contributed by atoms with Crippen LogP contribution in [0.2, 0.25) is 0 Å². The quantitative estimate of drug-likeness (QED) is 0.402. The van der Waals surface area contributed by atoms with Crippen LogP contribution in [0.25, 0.3) is 0 Å². The topological polar surface area (TPSA) is 78.8 Å². The van der Waals surface area contributed by atoms with E-state index in [9.17, 15) is 9.59 Å². The number of hydrogen-bond acceptors (Lipinski definition) is 3. The molecule has 0 saturated carbocycles. The van der Waals surface area contributed by atoms with E-state index in [1.807, 2.05) is 0 Å². The highest BCUT2D eigenvalue weighted by Crippen LogP contribution is 1.87. The Hall–Kier alpha value is -1.23. The SMILES string of the molecule is O=C1N=C(CO)NC1=O. The van der Waals surface area contributed by atoms with Crippen LogP contribution in [0, 0.1) is 0 Å². The standard InChI is InChI=1S/C4H4N2O3/c7-1-2-5-3(8)4(9)6-2/h7H,1H2,(H,5,6,8,9). The fourth-order valence-electron chi connectivity index (χ4n) is 0.461. The molecule has 1 rings (SSSR count). The maximum Gasteiger partial charge on any atom is 0.337 e. The van der Waals surface area contributed by atoms with Crippen molar-refractivity contribution in [2.24, 2.45) is 4.99 Å². The van der Waals surface area contributed by atoms with E-state index in [0.29, 0.717) is 0 Å². The zero-order chi connectivity index (χ0) is 6.85. The van der Waals surface area contributed by atoms with Gasteiger partial charge in [0.05, 0.1) is 0 Å². The summed E-state index contributed by atoms with van der Waals surface area (Å²) in [6.07, 6.45) is 0. The molecular weight excluding hydrogens is 124 g/mol. The number of amidine groups is 1. The molecule has 1 aliphatic rings. The van der Waals surface area contributed by atoms with Crippen LogP contribution in [0.3, 0.4) is 0 Å². The third-order valence-corrected chi connectivity index (χ3v) is 0.838. The molecule has 0 radical (unpaired) electrons. The zero-order valence-electron chi connectivity index (χ0n) is 4.42. The third kappa shape index (κ3) is 0.945. The maximum absolute atomic E-state index is 10.3. The van der Waals surface area contributed by atoms with E-state index in [1.54, 1.807) is 0 Å². The van der Waals surface area contributed by atoms with Crippen molar-refractivity contribution < 1.29 is 14.7 Å². The highest BCUT2D eigenvalue weighted by Gasteiger charge is 2.21. The van der Waals surface area contributed by atoms with E-state index in [0.717, 1.165) is 0 Å². The van der Waals surface area contributed by atoms with Gasteiger partial charge in [0, 0.05) is 0 Å². The lowest BCUT2D eigenvalue weighted by Gasteiger charge is -1.88. The Kier molecular flexibility index (Phi) is 1.27. The molecule has 0 unspecified atom stereocenters. The largest absolute Gasteiger partial charge is 0.388 e. The number of aliphatic hydroxyl groups excluding tert-OH is 1. The summed E-state index contributed by atoms with van der Waals surface area (Å²) in [6.45, 7) is -0.405. The van der Waals surface area contributed by atoms with E-state index in [2.05, 4.69) is 10.3 Å². The molecule has 2 N–H and O–H groups in total. The van der Waals surface area contributed by atoms with Crippen molar-refractivity contribution >= 4 is 17.6 Å². The number of carbonyl (C=O) groups excluding carboxylic acids is 2. The molecule has 48 valence electrons. The molecule has 5 heteroatoms. The molecule has 0 aromatic carbocycles. The smallest absolute Gasteiger partial charge is 0.337 e. The lowest BCUT2D eigenvalue weighted by atomic mass is 10.6. The van der Waals surface area contributed by atoms with E-state index >= 15 is 0 Å². The van der Waals surface area contributed by atoms with E-state index in [4.69, 9.17) is 5.11 Å². The second-order valence-corrected chi connectivity index (χ2v) is 1.48. The summed E-state index contributed by atoms with van der Waals surface area (Å²) >= 11 is 0. The number of aliphatic hydroxyl groups is 1. The van der Waals surface area contributed by atoms with Crippen LogP contribution < -0.4 is 5.32 Å². The van der Waals surface area contributed by atoms with Crippen LogP contribution in [0.15, 0.2) is 4.99 Å². The average molecular weight is 128 g/mol. The van der Waals surface area contributed by atoms with Crippen molar-refractivity contribution in [1.82, 2.24) is 5.32 Å². The van der Waals surface area contributed by atoms with E-state index < -0.39 is 18.4 Å². The van der Waals surface area contributed by atoms with Crippen LogP contribution in [-0.4, -0.2) is 29.4 Å².